The molecule has 1 heterocycles. The van der Waals surface area contributed by atoms with Crippen molar-refractivity contribution < 1.29 is 0 Å². The van der Waals surface area contributed by atoms with E-state index in [-0.39, 0.29) is 5.54 Å². The van der Waals surface area contributed by atoms with Crippen molar-refractivity contribution in [1.29, 1.82) is 0 Å². The number of nitrogens with zero attached hydrogens (tertiary/aromatic N) is 1. The summed E-state index contributed by atoms with van der Waals surface area (Å²) in [6.07, 6.45) is 2.94. The molecule has 0 fully saturated rings. The maximum atomic E-state index is 4.36. The fourth-order valence-corrected chi connectivity index (χ4v) is 1.66. The molecule has 0 aliphatic rings. The molecule has 84 valence electrons. The SMILES string of the molecule is CCC(C)(C)Nc1ccnc2ccccc12. The second-order valence-corrected chi connectivity index (χ2v) is 4.74. The van der Waals surface area contributed by atoms with Crippen LogP contribution in [0.5, 0.6) is 0 Å². The van der Waals surface area contributed by atoms with Crippen LogP contribution in [-0.4, -0.2) is 10.5 Å². The van der Waals surface area contributed by atoms with Crippen LogP contribution in [0, 0.1) is 0 Å². The Morgan fingerprint density at radius 1 is 1.19 bits per heavy atom. The van der Waals surface area contributed by atoms with E-state index in [1.165, 1.54) is 5.39 Å². The predicted molar refractivity (Wildman–Crippen MR) is 69.7 cm³/mol. The van der Waals surface area contributed by atoms with Crippen molar-refractivity contribution in [3.63, 3.8) is 0 Å². The molecule has 0 radical (unpaired) electrons. The van der Waals surface area contributed by atoms with E-state index in [0.29, 0.717) is 0 Å². The van der Waals surface area contributed by atoms with E-state index in [9.17, 15) is 0 Å². The van der Waals surface area contributed by atoms with Gasteiger partial charge in [-0.1, -0.05) is 25.1 Å². The van der Waals surface area contributed by atoms with Crippen LogP contribution in [0.3, 0.4) is 0 Å². The Bertz CT molecular complexity index is 484. The molecule has 0 bridgehead atoms. The third-order valence-electron chi connectivity index (χ3n) is 3.01. The van der Waals surface area contributed by atoms with E-state index >= 15 is 0 Å². The quantitative estimate of drug-likeness (QED) is 0.839. The Kier molecular flexibility index (Phi) is 2.82. The molecule has 0 spiro atoms. The lowest BCUT2D eigenvalue weighted by atomic mass is 10.0. The van der Waals surface area contributed by atoms with Crippen molar-refractivity contribution in [3.8, 4) is 0 Å². The maximum Gasteiger partial charge on any atom is 0.0722 e. The van der Waals surface area contributed by atoms with Gasteiger partial charge >= 0.3 is 0 Å². The van der Waals surface area contributed by atoms with Crippen molar-refractivity contribution in [2.45, 2.75) is 32.7 Å². The Balaban J connectivity index is 2.45. The molecule has 0 unspecified atom stereocenters. The normalized spacial score (nSPS) is 11.7. The molecule has 2 heteroatoms. The zero-order valence-electron chi connectivity index (χ0n) is 10.1. The summed E-state index contributed by atoms with van der Waals surface area (Å²) in [5.41, 5.74) is 2.32. The van der Waals surface area contributed by atoms with Crippen molar-refractivity contribution in [2.24, 2.45) is 0 Å². The molecule has 1 N–H and O–H groups in total. The van der Waals surface area contributed by atoms with Crippen LogP contribution in [-0.2, 0) is 0 Å². The molecule has 1 aromatic carbocycles. The van der Waals surface area contributed by atoms with Gasteiger partial charge in [-0.15, -0.1) is 0 Å². The van der Waals surface area contributed by atoms with Gasteiger partial charge in [0.1, 0.15) is 0 Å². The predicted octanol–water partition coefficient (Wildman–Crippen LogP) is 3.84. The molecular formula is C14H18N2. The minimum absolute atomic E-state index is 0.115. The number of hydrogen-bond acceptors (Lipinski definition) is 2. The fourth-order valence-electron chi connectivity index (χ4n) is 1.66. The first-order chi connectivity index (χ1) is 7.62. The van der Waals surface area contributed by atoms with Crippen LogP contribution in [0.25, 0.3) is 10.9 Å². The molecule has 16 heavy (non-hydrogen) atoms. The highest BCUT2D eigenvalue weighted by Crippen LogP contribution is 2.25. The maximum absolute atomic E-state index is 4.36. The van der Waals surface area contributed by atoms with Crippen LogP contribution in [0.2, 0.25) is 0 Å². The Labute approximate surface area is 96.7 Å². The number of pyridine rings is 1. The summed E-state index contributed by atoms with van der Waals surface area (Å²) in [6, 6.07) is 10.3. The number of rotatable bonds is 3. The van der Waals surface area contributed by atoms with Crippen LogP contribution >= 0.6 is 0 Å². The minimum atomic E-state index is 0.115. The van der Waals surface area contributed by atoms with Gasteiger partial charge < -0.3 is 5.32 Å². The van der Waals surface area contributed by atoms with Crippen molar-refractivity contribution in [1.82, 2.24) is 4.98 Å². The Morgan fingerprint density at radius 2 is 1.94 bits per heavy atom. The van der Waals surface area contributed by atoms with Gasteiger partial charge in [0.05, 0.1) is 5.52 Å². The second kappa shape index (κ2) is 4.12. The molecule has 0 aliphatic carbocycles. The molecule has 2 rings (SSSR count). The molecule has 2 aromatic rings. The third-order valence-corrected chi connectivity index (χ3v) is 3.01. The van der Waals surface area contributed by atoms with Gasteiger partial charge in [0.25, 0.3) is 0 Å². The van der Waals surface area contributed by atoms with Gasteiger partial charge in [0.15, 0.2) is 0 Å². The number of nitrogens with one attached hydrogen (secondary N) is 1. The summed E-state index contributed by atoms with van der Waals surface area (Å²) in [5.74, 6) is 0. The van der Waals surface area contributed by atoms with E-state index in [4.69, 9.17) is 0 Å². The lowest BCUT2D eigenvalue weighted by Gasteiger charge is -2.26. The number of hydrogen-bond donors (Lipinski definition) is 1. The summed E-state index contributed by atoms with van der Waals surface area (Å²) in [4.78, 5) is 4.36. The first kappa shape index (κ1) is 10.9. The van der Waals surface area contributed by atoms with Gasteiger partial charge in [-0.3, -0.25) is 4.98 Å². The molecule has 0 atom stereocenters. The van der Waals surface area contributed by atoms with E-state index in [2.05, 4.69) is 37.1 Å². The summed E-state index contributed by atoms with van der Waals surface area (Å²) < 4.78 is 0. The van der Waals surface area contributed by atoms with E-state index in [0.717, 1.165) is 17.6 Å². The number of fused-ring (bicyclic) bond motifs is 1. The largest absolute Gasteiger partial charge is 0.380 e. The zero-order chi connectivity index (χ0) is 11.6. The van der Waals surface area contributed by atoms with Crippen LogP contribution in [0.1, 0.15) is 27.2 Å². The summed E-state index contributed by atoms with van der Waals surface area (Å²) in [7, 11) is 0. The van der Waals surface area contributed by atoms with E-state index < -0.39 is 0 Å². The highest BCUT2D eigenvalue weighted by Gasteiger charge is 2.15. The number of para-hydroxylation sites is 1. The highest BCUT2D eigenvalue weighted by atomic mass is 15.0. The van der Waals surface area contributed by atoms with Crippen LogP contribution in [0.4, 0.5) is 5.69 Å². The highest BCUT2D eigenvalue weighted by molar-refractivity contribution is 5.91. The minimum Gasteiger partial charge on any atom is -0.380 e. The van der Waals surface area contributed by atoms with Crippen molar-refractivity contribution >= 4 is 16.6 Å². The lowest BCUT2D eigenvalue weighted by molar-refractivity contribution is 0.548. The molecule has 0 aliphatic heterocycles. The Morgan fingerprint density at radius 3 is 2.69 bits per heavy atom. The van der Waals surface area contributed by atoms with Gasteiger partial charge in [-0.05, 0) is 32.4 Å². The second-order valence-electron chi connectivity index (χ2n) is 4.74. The number of aromatic nitrogens is 1. The van der Waals surface area contributed by atoms with Gasteiger partial charge in [0, 0.05) is 22.8 Å². The molecule has 0 saturated heterocycles. The van der Waals surface area contributed by atoms with Crippen LogP contribution in [0.15, 0.2) is 36.5 Å². The van der Waals surface area contributed by atoms with E-state index in [1.54, 1.807) is 0 Å². The average Bonchev–Trinajstić information content (AvgIpc) is 2.29. The first-order valence-corrected chi connectivity index (χ1v) is 5.74. The van der Waals surface area contributed by atoms with Gasteiger partial charge in [0.2, 0.25) is 0 Å². The summed E-state index contributed by atoms with van der Waals surface area (Å²) in [5, 5.41) is 4.76. The zero-order valence-corrected chi connectivity index (χ0v) is 10.1. The van der Waals surface area contributed by atoms with Gasteiger partial charge in [-0.2, -0.15) is 0 Å². The molecule has 0 saturated carbocycles. The third kappa shape index (κ3) is 2.16. The number of anilines is 1. The van der Waals surface area contributed by atoms with Gasteiger partial charge in [-0.25, -0.2) is 0 Å². The standard InChI is InChI=1S/C14H18N2/c1-4-14(2,3)16-13-9-10-15-12-8-6-5-7-11(12)13/h5-10H,4H2,1-3H3,(H,15,16). The summed E-state index contributed by atoms with van der Waals surface area (Å²) >= 11 is 0. The Hall–Kier alpha value is -1.57. The first-order valence-electron chi connectivity index (χ1n) is 5.74. The average molecular weight is 214 g/mol. The van der Waals surface area contributed by atoms with Crippen molar-refractivity contribution in [3.05, 3.63) is 36.5 Å². The summed E-state index contributed by atoms with van der Waals surface area (Å²) in [6.45, 7) is 6.61. The van der Waals surface area contributed by atoms with Crippen LogP contribution < -0.4 is 5.32 Å². The molecule has 2 nitrogen and oxygen atoms in total. The molecule has 1 aromatic heterocycles. The fraction of sp³-hybridized carbons (Fsp3) is 0.357. The van der Waals surface area contributed by atoms with E-state index in [1.807, 2.05) is 30.5 Å². The molecule has 0 amide bonds. The lowest BCUT2D eigenvalue weighted by Crippen LogP contribution is -2.29. The number of benzene rings is 1. The smallest absolute Gasteiger partial charge is 0.0722 e. The monoisotopic (exact) mass is 214 g/mol. The van der Waals surface area contributed by atoms with Crippen molar-refractivity contribution in [2.75, 3.05) is 5.32 Å². The topological polar surface area (TPSA) is 24.9 Å². The molecular weight excluding hydrogens is 196 g/mol.